The van der Waals surface area contributed by atoms with Crippen LogP contribution in [0.25, 0.3) is 5.57 Å². The number of pyridine rings is 1. The van der Waals surface area contributed by atoms with E-state index < -0.39 is 6.04 Å². The van der Waals surface area contributed by atoms with Gasteiger partial charge in [0.1, 0.15) is 0 Å². The SMILES string of the molecule is O=C(NCCN1CCCC1)[C@@H]1N[C@@H]2c3ccc(C4=CCCCC4)c(=O)n3C[C@@H]2[C@H]1CO. The fourth-order valence-electron chi connectivity index (χ4n) is 6.04. The molecule has 1 aromatic heterocycles. The summed E-state index contributed by atoms with van der Waals surface area (Å²) >= 11 is 0. The molecule has 7 heteroatoms. The smallest absolute Gasteiger partial charge is 0.258 e. The van der Waals surface area contributed by atoms with Crippen LogP contribution in [0.4, 0.5) is 0 Å². The van der Waals surface area contributed by atoms with E-state index in [1.54, 1.807) is 0 Å². The number of allylic oxidation sites excluding steroid dienone is 2. The maximum Gasteiger partial charge on any atom is 0.258 e. The van der Waals surface area contributed by atoms with Gasteiger partial charge in [-0.05, 0) is 69.3 Å². The first-order valence-electron chi connectivity index (χ1n) is 12.0. The van der Waals surface area contributed by atoms with Crippen molar-refractivity contribution in [3.63, 3.8) is 0 Å². The molecule has 1 aromatic rings. The van der Waals surface area contributed by atoms with Crippen LogP contribution in [0, 0.1) is 11.8 Å². The summed E-state index contributed by atoms with van der Waals surface area (Å²) in [5, 5.41) is 16.6. The van der Waals surface area contributed by atoms with Crippen molar-refractivity contribution in [3.05, 3.63) is 39.8 Å². The first-order chi connectivity index (χ1) is 15.2. The summed E-state index contributed by atoms with van der Waals surface area (Å²) < 4.78 is 1.87. The highest BCUT2D eigenvalue weighted by atomic mass is 16.3. The van der Waals surface area contributed by atoms with Crippen LogP contribution < -0.4 is 16.2 Å². The van der Waals surface area contributed by atoms with Crippen LogP contribution in [0.5, 0.6) is 0 Å². The van der Waals surface area contributed by atoms with Crippen molar-refractivity contribution in [1.82, 2.24) is 20.1 Å². The van der Waals surface area contributed by atoms with Gasteiger partial charge in [0.25, 0.3) is 5.56 Å². The van der Waals surface area contributed by atoms with Crippen LogP contribution in [0.3, 0.4) is 0 Å². The molecule has 0 spiro atoms. The number of aliphatic hydroxyl groups is 1. The number of aliphatic hydroxyl groups excluding tert-OH is 1. The van der Waals surface area contributed by atoms with E-state index in [0.29, 0.717) is 13.1 Å². The highest BCUT2D eigenvalue weighted by molar-refractivity contribution is 5.82. The summed E-state index contributed by atoms with van der Waals surface area (Å²) in [6.07, 6.45) is 9.05. The summed E-state index contributed by atoms with van der Waals surface area (Å²) in [6, 6.07) is 3.54. The molecule has 168 valence electrons. The highest BCUT2D eigenvalue weighted by Gasteiger charge is 2.50. The third-order valence-electron chi connectivity index (χ3n) is 7.74. The minimum absolute atomic E-state index is 0.0366. The molecule has 0 saturated carbocycles. The van der Waals surface area contributed by atoms with Crippen molar-refractivity contribution in [3.8, 4) is 0 Å². The molecule has 31 heavy (non-hydrogen) atoms. The molecule has 2 fully saturated rings. The topological polar surface area (TPSA) is 86.6 Å². The molecule has 3 aliphatic heterocycles. The van der Waals surface area contributed by atoms with E-state index in [1.165, 1.54) is 24.8 Å². The van der Waals surface area contributed by atoms with Crippen molar-refractivity contribution >= 4 is 11.5 Å². The number of fused-ring (bicyclic) bond motifs is 3. The predicted molar refractivity (Wildman–Crippen MR) is 120 cm³/mol. The van der Waals surface area contributed by atoms with E-state index in [9.17, 15) is 14.7 Å². The lowest BCUT2D eigenvalue weighted by Crippen LogP contribution is -2.47. The summed E-state index contributed by atoms with van der Waals surface area (Å²) in [7, 11) is 0. The first-order valence-corrected chi connectivity index (χ1v) is 12.0. The van der Waals surface area contributed by atoms with Crippen LogP contribution in [0.1, 0.15) is 55.8 Å². The van der Waals surface area contributed by atoms with Crippen molar-refractivity contribution in [2.24, 2.45) is 11.8 Å². The third-order valence-corrected chi connectivity index (χ3v) is 7.74. The Morgan fingerprint density at radius 1 is 1.19 bits per heavy atom. The van der Waals surface area contributed by atoms with Gasteiger partial charge >= 0.3 is 0 Å². The maximum atomic E-state index is 13.2. The lowest BCUT2D eigenvalue weighted by Gasteiger charge is -2.22. The van der Waals surface area contributed by atoms with E-state index in [-0.39, 0.29) is 36.0 Å². The molecule has 0 bridgehead atoms. The molecule has 5 rings (SSSR count). The maximum absolute atomic E-state index is 13.2. The molecule has 0 radical (unpaired) electrons. The molecule has 4 aliphatic rings. The van der Waals surface area contributed by atoms with E-state index in [2.05, 4.69) is 21.6 Å². The zero-order valence-electron chi connectivity index (χ0n) is 18.2. The fraction of sp³-hybridized carbons (Fsp3) is 0.667. The second-order valence-electron chi connectivity index (χ2n) is 9.53. The number of carbonyl (C=O) groups is 1. The summed E-state index contributed by atoms with van der Waals surface area (Å²) in [5.41, 5.74) is 3.01. The number of likely N-dealkylation sites (tertiary alicyclic amines) is 1. The zero-order chi connectivity index (χ0) is 21.4. The zero-order valence-corrected chi connectivity index (χ0v) is 18.2. The quantitative estimate of drug-likeness (QED) is 0.638. The normalized spacial score (nSPS) is 30.2. The number of aromatic nitrogens is 1. The summed E-state index contributed by atoms with van der Waals surface area (Å²) in [6.45, 7) is 4.26. The molecule has 7 nitrogen and oxygen atoms in total. The molecule has 0 unspecified atom stereocenters. The molecular weight excluding hydrogens is 392 g/mol. The van der Waals surface area contributed by atoms with Gasteiger partial charge < -0.3 is 19.9 Å². The Morgan fingerprint density at radius 2 is 2.03 bits per heavy atom. The Labute approximate surface area is 183 Å². The second-order valence-corrected chi connectivity index (χ2v) is 9.53. The van der Waals surface area contributed by atoms with Gasteiger partial charge in [-0.2, -0.15) is 0 Å². The van der Waals surface area contributed by atoms with Gasteiger partial charge in [-0.1, -0.05) is 6.08 Å². The van der Waals surface area contributed by atoms with Crippen LogP contribution in [0.15, 0.2) is 23.0 Å². The lowest BCUT2D eigenvalue weighted by molar-refractivity contribution is -0.124. The van der Waals surface area contributed by atoms with Gasteiger partial charge in [0, 0.05) is 49.3 Å². The Hall–Kier alpha value is -1.96. The molecule has 4 heterocycles. The standard InChI is InChI=1S/C24H34N4O3/c29-15-19-18-14-28-20(9-8-17(24(28)31)16-6-2-1-3-7-16)21(18)26-22(19)23(30)25-10-13-27-11-4-5-12-27/h6,8-9,18-19,21-22,26,29H,1-5,7,10-15H2,(H,25,30)/t18-,19-,21+,22-/m1/s1. The number of carbonyl (C=O) groups excluding carboxylic acids is 1. The van der Waals surface area contributed by atoms with Crippen LogP contribution in [-0.4, -0.2) is 59.3 Å². The van der Waals surface area contributed by atoms with E-state index in [0.717, 1.165) is 50.2 Å². The molecule has 1 amide bonds. The second kappa shape index (κ2) is 8.88. The van der Waals surface area contributed by atoms with Crippen molar-refractivity contribution in [1.29, 1.82) is 0 Å². The Balaban J connectivity index is 1.29. The number of rotatable bonds is 6. The highest BCUT2D eigenvalue weighted by Crippen LogP contribution is 2.42. The molecule has 2 saturated heterocycles. The van der Waals surface area contributed by atoms with Gasteiger partial charge in [-0.15, -0.1) is 0 Å². The Kier molecular flexibility index (Phi) is 5.99. The summed E-state index contributed by atoms with van der Waals surface area (Å²) in [5.74, 6) is -0.165. The third kappa shape index (κ3) is 3.88. The average molecular weight is 427 g/mol. The van der Waals surface area contributed by atoms with Gasteiger partial charge in [0.2, 0.25) is 5.91 Å². The Bertz CT molecular complexity index is 918. The lowest BCUT2D eigenvalue weighted by atomic mass is 9.88. The van der Waals surface area contributed by atoms with Crippen molar-refractivity contribution in [2.75, 3.05) is 32.8 Å². The van der Waals surface area contributed by atoms with Crippen LogP contribution >= 0.6 is 0 Å². The van der Waals surface area contributed by atoms with E-state index >= 15 is 0 Å². The van der Waals surface area contributed by atoms with E-state index in [4.69, 9.17) is 0 Å². The van der Waals surface area contributed by atoms with Gasteiger partial charge in [0.05, 0.1) is 12.1 Å². The number of nitrogens with zero attached hydrogens (tertiary/aromatic N) is 2. The first kappa shape index (κ1) is 20.9. The molecule has 1 aliphatic carbocycles. The summed E-state index contributed by atoms with van der Waals surface area (Å²) in [4.78, 5) is 28.5. The molecule has 0 aromatic carbocycles. The van der Waals surface area contributed by atoms with Crippen molar-refractivity contribution < 1.29 is 9.90 Å². The minimum Gasteiger partial charge on any atom is -0.396 e. The fourth-order valence-corrected chi connectivity index (χ4v) is 6.04. The van der Waals surface area contributed by atoms with E-state index in [1.807, 2.05) is 16.7 Å². The number of hydrogen-bond acceptors (Lipinski definition) is 5. The number of hydrogen-bond donors (Lipinski definition) is 3. The average Bonchev–Trinajstić information content (AvgIpc) is 3.50. The molecule has 3 N–H and O–H groups in total. The molecule has 4 atom stereocenters. The number of nitrogens with one attached hydrogen (secondary N) is 2. The monoisotopic (exact) mass is 426 g/mol. The molecular formula is C24H34N4O3. The van der Waals surface area contributed by atoms with Crippen LogP contribution in [0.2, 0.25) is 0 Å². The van der Waals surface area contributed by atoms with Crippen LogP contribution in [-0.2, 0) is 11.3 Å². The van der Waals surface area contributed by atoms with Crippen molar-refractivity contribution in [2.45, 2.75) is 57.2 Å². The van der Waals surface area contributed by atoms with Gasteiger partial charge in [-0.3, -0.25) is 14.9 Å². The minimum atomic E-state index is -0.414. The Morgan fingerprint density at radius 3 is 2.77 bits per heavy atom. The van der Waals surface area contributed by atoms with Gasteiger partial charge in [0.15, 0.2) is 0 Å². The predicted octanol–water partition coefficient (Wildman–Crippen LogP) is 1.27. The largest absolute Gasteiger partial charge is 0.396 e. The number of amides is 1. The van der Waals surface area contributed by atoms with Gasteiger partial charge in [-0.25, -0.2) is 0 Å².